The number of fused-ring (bicyclic) bond motifs is 2. The number of anilines is 2. The molecule has 0 saturated heterocycles. The van der Waals surface area contributed by atoms with Gasteiger partial charge in [-0.3, -0.25) is 15.0 Å². The number of benzene rings is 2. The van der Waals surface area contributed by atoms with E-state index in [1.165, 1.54) is 12.4 Å². The van der Waals surface area contributed by atoms with Gasteiger partial charge < -0.3 is 16.1 Å². The maximum atomic E-state index is 13.9. The Morgan fingerprint density at radius 2 is 1.88 bits per heavy atom. The molecule has 6 rings (SSSR count). The van der Waals surface area contributed by atoms with Crippen molar-refractivity contribution in [2.24, 2.45) is 5.41 Å². The Morgan fingerprint density at radius 3 is 2.58 bits per heavy atom. The van der Waals surface area contributed by atoms with Crippen molar-refractivity contribution in [2.45, 2.75) is 51.4 Å². The zero-order valence-corrected chi connectivity index (χ0v) is 24.5. The summed E-state index contributed by atoms with van der Waals surface area (Å²) >= 11 is 6.73. The molecule has 0 spiro atoms. The van der Waals surface area contributed by atoms with Crippen LogP contribution >= 0.6 is 11.6 Å². The summed E-state index contributed by atoms with van der Waals surface area (Å²) in [7, 11) is 0. The third-order valence-electron chi connectivity index (χ3n) is 7.71. The summed E-state index contributed by atoms with van der Waals surface area (Å²) in [6.07, 6.45) is 0.275. The molecule has 1 aliphatic carbocycles. The van der Waals surface area contributed by atoms with E-state index in [0.29, 0.717) is 45.1 Å². The van der Waals surface area contributed by atoms with Crippen molar-refractivity contribution < 1.29 is 13.2 Å². The lowest BCUT2D eigenvalue weighted by atomic mass is 9.96. The number of nitrogens with one attached hydrogen (secondary N) is 4. The molecule has 0 amide bonds. The lowest BCUT2D eigenvalue weighted by molar-refractivity contribution is -0.195. The van der Waals surface area contributed by atoms with Crippen molar-refractivity contribution in [1.29, 1.82) is 5.26 Å². The predicted molar refractivity (Wildman–Crippen MR) is 162 cm³/mol. The molecule has 4 aromatic rings. The van der Waals surface area contributed by atoms with Crippen LogP contribution in [0.2, 0.25) is 5.02 Å². The van der Waals surface area contributed by atoms with Crippen molar-refractivity contribution in [3.63, 3.8) is 0 Å². The van der Waals surface area contributed by atoms with E-state index < -0.39 is 17.8 Å². The Bertz CT molecular complexity index is 1790. The number of halogens is 4. The van der Waals surface area contributed by atoms with E-state index in [1.807, 2.05) is 36.4 Å². The van der Waals surface area contributed by atoms with E-state index in [4.69, 9.17) is 11.6 Å². The van der Waals surface area contributed by atoms with Gasteiger partial charge in [-0.1, -0.05) is 50.6 Å². The Morgan fingerprint density at radius 1 is 1.12 bits per heavy atom. The molecular weight excluding hydrogens is 577 g/mol. The van der Waals surface area contributed by atoms with Crippen molar-refractivity contribution in [3.05, 3.63) is 82.9 Å². The second-order valence-corrected chi connectivity index (χ2v) is 12.6. The van der Waals surface area contributed by atoms with Crippen LogP contribution in [0.5, 0.6) is 0 Å². The minimum absolute atomic E-state index is 0.00341. The Hall–Kier alpha value is -4.27. The summed E-state index contributed by atoms with van der Waals surface area (Å²) in [5, 5.41) is 19.7. The van der Waals surface area contributed by atoms with Gasteiger partial charge >= 0.3 is 6.18 Å². The summed E-state index contributed by atoms with van der Waals surface area (Å²) in [5.41, 5.74) is 7.75. The number of hydrogen-bond acceptors (Lipinski definition) is 8. The summed E-state index contributed by atoms with van der Waals surface area (Å²) in [6, 6.07) is 14.7. The molecule has 1 fully saturated rings. The van der Waals surface area contributed by atoms with Crippen LogP contribution in [0.25, 0.3) is 21.8 Å². The second-order valence-electron chi connectivity index (χ2n) is 12.2. The number of pyridine rings is 2. The lowest BCUT2D eigenvalue weighted by Gasteiger charge is -2.28. The van der Waals surface area contributed by atoms with Crippen LogP contribution in [0.1, 0.15) is 50.8 Å². The molecule has 1 saturated carbocycles. The molecule has 8 nitrogen and oxygen atoms in total. The lowest BCUT2D eigenvalue weighted by Crippen LogP contribution is -2.52. The van der Waals surface area contributed by atoms with Gasteiger partial charge in [-0.25, -0.2) is 0 Å². The van der Waals surface area contributed by atoms with Crippen LogP contribution in [0, 0.1) is 16.7 Å². The first-order valence-electron chi connectivity index (χ1n) is 13.9. The first-order valence-corrected chi connectivity index (χ1v) is 14.2. The maximum absolute atomic E-state index is 13.9. The first kappa shape index (κ1) is 28.8. The molecule has 3 heterocycles. The zero-order chi connectivity index (χ0) is 30.6. The normalized spacial score (nSPS) is 16.9. The van der Waals surface area contributed by atoms with Crippen LogP contribution in [-0.4, -0.2) is 33.2 Å². The standard InChI is InChI=1S/C31H30ClF3N8/c1-29(2,3)17-39-26-20(13-36)15-38-28-22(26)11-21(12-23(28)32)40-27(19-10-18-6-4-5-7-24(18)37-14-19)25-16-43(42-41-25)30(8-9-30)31(33,34)35/h4-7,10-12,14-16,27,40-42H,8-9,17H2,1-3H3,(H,38,39)/t27-/m0/s1. The van der Waals surface area contributed by atoms with Crippen molar-refractivity contribution in [1.82, 2.24) is 25.9 Å². The molecule has 0 unspecified atom stereocenters. The van der Waals surface area contributed by atoms with Gasteiger partial charge in [0, 0.05) is 41.6 Å². The quantitative estimate of drug-likeness (QED) is 0.176. The Labute approximate surface area is 251 Å². The van der Waals surface area contributed by atoms with Gasteiger partial charge in [0.2, 0.25) is 0 Å². The highest BCUT2D eigenvalue weighted by atomic mass is 35.5. The van der Waals surface area contributed by atoms with Crippen LogP contribution < -0.4 is 21.6 Å². The third-order valence-corrected chi connectivity index (χ3v) is 8.00. The van der Waals surface area contributed by atoms with Gasteiger partial charge in [-0.15, -0.1) is 5.53 Å². The highest BCUT2D eigenvalue weighted by Gasteiger charge is 2.67. The molecule has 222 valence electrons. The number of rotatable bonds is 7. The zero-order valence-electron chi connectivity index (χ0n) is 23.8. The molecule has 4 N–H and O–H groups in total. The number of hydrazine groups is 2. The van der Waals surface area contributed by atoms with E-state index in [-0.39, 0.29) is 18.3 Å². The molecule has 0 radical (unpaired) electrons. The predicted octanol–water partition coefficient (Wildman–Crippen LogP) is 7.18. The van der Waals surface area contributed by atoms with Gasteiger partial charge in [0.25, 0.3) is 0 Å². The molecule has 2 aliphatic rings. The molecule has 1 atom stereocenters. The summed E-state index contributed by atoms with van der Waals surface area (Å²) in [4.78, 5) is 9.03. The number of alkyl halides is 3. The van der Waals surface area contributed by atoms with E-state index in [1.54, 1.807) is 12.3 Å². The number of aromatic nitrogens is 2. The van der Waals surface area contributed by atoms with Gasteiger partial charge in [-0.05, 0) is 48.1 Å². The fourth-order valence-corrected chi connectivity index (χ4v) is 5.48. The minimum atomic E-state index is -4.39. The maximum Gasteiger partial charge on any atom is 0.413 e. The molecule has 2 aromatic heterocycles. The summed E-state index contributed by atoms with van der Waals surface area (Å²) < 4.78 is 41.8. The first-order chi connectivity index (χ1) is 20.4. The van der Waals surface area contributed by atoms with Crippen LogP contribution in [0.3, 0.4) is 0 Å². The SMILES string of the molecule is CC(C)(C)CNc1c(C#N)cnc2c(Cl)cc(N[C@H](C3=CN(C4(C(F)(F)F)CC4)NN3)c3cnc4ccccc4c3)cc12. The monoisotopic (exact) mass is 606 g/mol. The molecular formula is C31H30ClF3N8. The number of nitrogens with zero attached hydrogens (tertiary/aromatic N) is 4. The van der Waals surface area contributed by atoms with Crippen LogP contribution in [-0.2, 0) is 0 Å². The molecule has 43 heavy (non-hydrogen) atoms. The second kappa shape index (κ2) is 10.5. The number of nitriles is 1. The molecule has 2 aromatic carbocycles. The summed E-state index contributed by atoms with van der Waals surface area (Å²) in [6.45, 7) is 6.85. The Kier molecular flexibility index (Phi) is 7.02. The van der Waals surface area contributed by atoms with Crippen molar-refractivity contribution >= 4 is 44.8 Å². The molecule has 0 bridgehead atoms. The van der Waals surface area contributed by atoms with E-state index in [9.17, 15) is 18.4 Å². The average Bonchev–Trinajstić information content (AvgIpc) is 3.65. The molecule has 12 heteroatoms. The highest BCUT2D eigenvalue weighted by Crippen LogP contribution is 2.53. The fourth-order valence-electron chi connectivity index (χ4n) is 5.21. The van der Waals surface area contributed by atoms with E-state index in [0.717, 1.165) is 21.5 Å². The highest BCUT2D eigenvalue weighted by molar-refractivity contribution is 6.35. The Balaban J connectivity index is 1.44. The van der Waals surface area contributed by atoms with Crippen molar-refractivity contribution in [2.75, 3.05) is 17.2 Å². The van der Waals surface area contributed by atoms with Gasteiger partial charge in [0.1, 0.15) is 6.07 Å². The topological polar surface area (TPSA) is 101 Å². The van der Waals surface area contributed by atoms with Crippen LogP contribution in [0.4, 0.5) is 24.5 Å². The van der Waals surface area contributed by atoms with Gasteiger partial charge in [-0.2, -0.15) is 18.4 Å². The largest absolute Gasteiger partial charge is 0.413 e. The third kappa shape index (κ3) is 5.48. The smallest absolute Gasteiger partial charge is 0.383 e. The summed E-state index contributed by atoms with van der Waals surface area (Å²) in [5.74, 6) is 0. The van der Waals surface area contributed by atoms with Gasteiger partial charge in [0.15, 0.2) is 5.54 Å². The van der Waals surface area contributed by atoms with E-state index in [2.05, 4.69) is 58.4 Å². The fraction of sp³-hybridized carbons (Fsp3) is 0.323. The van der Waals surface area contributed by atoms with Crippen LogP contribution in [0.15, 0.2) is 66.8 Å². The average molecular weight is 607 g/mol. The van der Waals surface area contributed by atoms with Gasteiger partial charge in [0.05, 0.1) is 39.0 Å². The minimum Gasteiger partial charge on any atom is -0.383 e. The number of para-hydroxylation sites is 1. The van der Waals surface area contributed by atoms with E-state index >= 15 is 0 Å². The number of hydrogen-bond donors (Lipinski definition) is 4. The van der Waals surface area contributed by atoms with Crippen molar-refractivity contribution in [3.8, 4) is 6.07 Å². The molecule has 1 aliphatic heterocycles.